The summed E-state index contributed by atoms with van der Waals surface area (Å²) in [7, 11) is 0. The van der Waals surface area contributed by atoms with Crippen molar-refractivity contribution in [3.05, 3.63) is 99.0 Å². The van der Waals surface area contributed by atoms with Crippen LogP contribution in [0, 0.1) is 18.6 Å². The molecule has 5 rings (SSSR count). The van der Waals surface area contributed by atoms with E-state index >= 15 is 0 Å². The van der Waals surface area contributed by atoms with E-state index in [4.69, 9.17) is 5.11 Å². The van der Waals surface area contributed by atoms with Crippen molar-refractivity contribution in [1.29, 1.82) is 0 Å². The van der Waals surface area contributed by atoms with Gasteiger partial charge in [-0.05, 0) is 54.2 Å². The molecule has 0 radical (unpaired) electrons. The van der Waals surface area contributed by atoms with Gasteiger partial charge in [0.25, 0.3) is 11.8 Å². The number of amides is 2. The summed E-state index contributed by atoms with van der Waals surface area (Å²) in [6.07, 6.45) is -3.62. The van der Waals surface area contributed by atoms with Crippen LogP contribution >= 0.6 is 0 Å². The van der Waals surface area contributed by atoms with Gasteiger partial charge >= 0.3 is 12.1 Å². The van der Waals surface area contributed by atoms with E-state index in [0.717, 1.165) is 34.0 Å². The van der Waals surface area contributed by atoms with Crippen LogP contribution in [-0.2, 0) is 23.9 Å². The third-order valence-electron chi connectivity index (χ3n) is 7.55. The lowest BCUT2D eigenvalue weighted by Gasteiger charge is -2.17. The number of hydrogen-bond donors (Lipinski definition) is 3. The number of nitrogens with zero attached hydrogens (tertiary/aromatic N) is 3. The summed E-state index contributed by atoms with van der Waals surface area (Å²) in [5.41, 5.74) is -0.0193. The number of carboxylic acid groups (broad SMARTS) is 1. The first-order valence-corrected chi connectivity index (χ1v) is 13.6. The monoisotopic (exact) mass is 629 g/mol. The minimum atomic E-state index is -4.95. The molecule has 234 valence electrons. The molecule has 1 aliphatic carbocycles. The Labute approximate surface area is 251 Å². The van der Waals surface area contributed by atoms with Gasteiger partial charge in [0.1, 0.15) is 17.2 Å². The molecular weight excluding hydrogens is 605 g/mol. The molecule has 45 heavy (non-hydrogen) atoms. The van der Waals surface area contributed by atoms with Crippen LogP contribution in [-0.4, -0.2) is 43.3 Å². The molecular formula is C30H24F5N5O5. The van der Waals surface area contributed by atoms with Crippen LogP contribution in [0.15, 0.2) is 42.6 Å². The number of carboxylic acids is 1. The van der Waals surface area contributed by atoms with Crippen LogP contribution in [0.25, 0.3) is 5.65 Å². The molecule has 0 unspecified atom stereocenters. The fraction of sp³-hybridized carbons (Fsp3) is 0.267. The molecule has 15 heteroatoms. The average Bonchev–Trinajstić information content (AvgIpc) is 3.57. The zero-order chi connectivity index (χ0) is 32.6. The number of aliphatic carboxylic acids is 1. The van der Waals surface area contributed by atoms with Crippen molar-refractivity contribution >= 4 is 29.2 Å². The first kappa shape index (κ1) is 31.2. The second kappa shape index (κ2) is 12.1. The third-order valence-corrected chi connectivity index (χ3v) is 7.55. The normalized spacial score (nSPS) is 14.3. The van der Waals surface area contributed by atoms with Gasteiger partial charge in [-0.1, -0.05) is 18.2 Å². The lowest BCUT2D eigenvalue weighted by molar-refractivity contribution is -0.140. The maximum atomic E-state index is 14.5. The zero-order valence-electron chi connectivity index (χ0n) is 23.5. The average molecular weight is 630 g/mol. The lowest BCUT2D eigenvalue weighted by Crippen LogP contribution is -2.31. The number of rotatable bonds is 9. The Bertz CT molecular complexity index is 1870. The Morgan fingerprint density at radius 3 is 2.49 bits per heavy atom. The predicted octanol–water partition coefficient (Wildman–Crippen LogP) is 4.73. The molecule has 0 aliphatic heterocycles. The molecule has 2 aromatic heterocycles. The van der Waals surface area contributed by atoms with Crippen molar-refractivity contribution in [2.45, 2.75) is 51.4 Å². The predicted molar refractivity (Wildman–Crippen MR) is 146 cm³/mol. The van der Waals surface area contributed by atoms with Gasteiger partial charge in [0, 0.05) is 24.6 Å². The first-order chi connectivity index (χ1) is 21.2. The quantitative estimate of drug-likeness (QED) is 0.180. The highest BCUT2D eigenvalue weighted by Gasteiger charge is 2.34. The second-order valence-electron chi connectivity index (χ2n) is 10.4. The molecule has 1 atom stereocenters. The van der Waals surface area contributed by atoms with Crippen molar-refractivity contribution < 1.29 is 46.2 Å². The van der Waals surface area contributed by atoms with E-state index in [0.29, 0.717) is 36.1 Å². The van der Waals surface area contributed by atoms with Crippen molar-refractivity contribution in [3.8, 4) is 0 Å². The fourth-order valence-electron chi connectivity index (χ4n) is 5.31. The van der Waals surface area contributed by atoms with Crippen molar-refractivity contribution in [2.24, 2.45) is 0 Å². The standard InChI is InChI=1S/C30H24F5N5O5/c1-14-16-5-7-22(18(16)4-3-17(14)25(41)8-9-26(42)43)39-29(45)24-11-23(38-27-21(32)13-37-40(24)27)28(44)36-12-15-2-6-20(31)19(10-15)30(33,34)35/h2-4,6,10-11,13,22H,5,7-9,12H2,1H3,(H,36,44)(H,39,45)(H,42,43)/t22-/m0/s1. The first-order valence-electron chi connectivity index (χ1n) is 13.6. The fourth-order valence-corrected chi connectivity index (χ4v) is 5.31. The van der Waals surface area contributed by atoms with Gasteiger partial charge in [0.2, 0.25) is 0 Å². The van der Waals surface area contributed by atoms with Gasteiger partial charge in [-0.2, -0.15) is 18.3 Å². The molecule has 0 saturated carbocycles. The van der Waals surface area contributed by atoms with E-state index in [2.05, 4.69) is 20.7 Å². The molecule has 2 aromatic carbocycles. The van der Waals surface area contributed by atoms with Crippen LogP contribution in [0.2, 0.25) is 0 Å². The van der Waals surface area contributed by atoms with Crippen LogP contribution in [0.4, 0.5) is 22.0 Å². The topological polar surface area (TPSA) is 143 Å². The Hall–Kier alpha value is -5.21. The maximum Gasteiger partial charge on any atom is 0.419 e. The third kappa shape index (κ3) is 6.37. The van der Waals surface area contributed by atoms with Gasteiger partial charge in [0.05, 0.1) is 24.2 Å². The van der Waals surface area contributed by atoms with Gasteiger partial charge < -0.3 is 15.7 Å². The van der Waals surface area contributed by atoms with E-state index in [1.807, 2.05) is 0 Å². The summed E-state index contributed by atoms with van der Waals surface area (Å²) < 4.78 is 68.2. The molecule has 3 N–H and O–H groups in total. The van der Waals surface area contributed by atoms with E-state index in [1.165, 1.54) is 0 Å². The summed E-state index contributed by atoms with van der Waals surface area (Å²) in [4.78, 5) is 53.7. The number of alkyl halides is 3. The number of carbonyl (C=O) groups excluding carboxylic acids is 3. The number of aromatic nitrogens is 3. The number of nitrogens with one attached hydrogen (secondary N) is 2. The summed E-state index contributed by atoms with van der Waals surface area (Å²) >= 11 is 0. The van der Waals surface area contributed by atoms with Gasteiger partial charge in [0.15, 0.2) is 17.2 Å². The number of benzene rings is 2. The van der Waals surface area contributed by atoms with E-state index in [-0.39, 0.29) is 29.9 Å². The lowest BCUT2D eigenvalue weighted by atomic mass is 9.94. The number of Topliss-reactive ketones (excluding diaryl/α,β-unsaturated/α-hetero) is 1. The van der Waals surface area contributed by atoms with Crippen molar-refractivity contribution in [3.63, 3.8) is 0 Å². The second-order valence-corrected chi connectivity index (χ2v) is 10.4. The molecule has 2 heterocycles. The van der Waals surface area contributed by atoms with Gasteiger partial charge in [-0.3, -0.25) is 19.2 Å². The van der Waals surface area contributed by atoms with Crippen LogP contribution < -0.4 is 10.6 Å². The Morgan fingerprint density at radius 1 is 1.02 bits per heavy atom. The van der Waals surface area contributed by atoms with E-state index < -0.39 is 65.1 Å². The van der Waals surface area contributed by atoms with Gasteiger partial charge in [-0.15, -0.1) is 0 Å². The summed E-state index contributed by atoms with van der Waals surface area (Å²) in [5, 5.41) is 17.9. The van der Waals surface area contributed by atoms with Crippen LogP contribution in [0.5, 0.6) is 0 Å². The molecule has 0 saturated heterocycles. The van der Waals surface area contributed by atoms with Crippen molar-refractivity contribution in [1.82, 2.24) is 25.2 Å². The van der Waals surface area contributed by atoms with Crippen LogP contribution in [0.3, 0.4) is 0 Å². The molecule has 2 amide bonds. The molecule has 0 fully saturated rings. The molecule has 0 bridgehead atoms. The smallest absolute Gasteiger partial charge is 0.419 e. The van der Waals surface area contributed by atoms with Crippen LogP contribution in [0.1, 0.15) is 84.5 Å². The highest BCUT2D eigenvalue weighted by molar-refractivity contribution is 6.00. The largest absolute Gasteiger partial charge is 0.481 e. The number of hydrogen-bond acceptors (Lipinski definition) is 6. The summed E-state index contributed by atoms with van der Waals surface area (Å²) in [5.74, 6) is -5.47. The Kier molecular flexibility index (Phi) is 8.36. The maximum absolute atomic E-state index is 14.5. The minimum absolute atomic E-state index is 0.0615. The zero-order valence-corrected chi connectivity index (χ0v) is 23.5. The highest BCUT2D eigenvalue weighted by atomic mass is 19.4. The highest BCUT2D eigenvalue weighted by Crippen LogP contribution is 2.35. The minimum Gasteiger partial charge on any atom is -0.481 e. The Morgan fingerprint density at radius 2 is 1.78 bits per heavy atom. The molecule has 10 nitrogen and oxygen atoms in total. The number of fused-ring (bicyclic) bond motifs is 2. The van der Waals surface area contributed by atoms with E-state index in [1.54, 1.807) is 19.1 Å². The number of carbonyl (C=O) groups is 4. The molecule has 4 aromatic rings. The van der Waals surface area contributed by atoms with E-state index in [9.17, 15) is 41.1 Å². The van der Waals surface area contributed by atoms with Gasteiger partial charge in [-0.25, -0.2) is 18.3 Å². The molecule has 0 spiro atoms. The number of ketones is 1. The van der Waals surface area contributed by atoms with Crippen molar-refractivity contribution in [2.75, 3.05) is 0 Å². The SMILES string of the molecule is Cc1c(C(=O)CCC(=O)O)ccc2c1CC[C@@H]2NC(=O)c1cc(C(=O)NCc2ccc(F)c(C(F)(F)F)c2)nc2c(F)cnn12. The summed E-state index contributed by atoms with van der Waals surface area (Å²) in [6, 6.07) is 6.04. The molecule has 1 aliphatic rings. The summed E-state index contributed by atoms with van der Waals surface area (Å²) in [6.45, 7) is 1.30. The Balaban J connectivity index is 1.36. The number of halogens is 5.